The first-order chi connectivity index (χ1) is 17.6. The van der Waals surface area contributed by atoms with Gasteiger partial charge in [-0.05, 0) is 30.3 Å². The van der Waals surface area contributed by atoms with Crippen LogP contribution in [0.4, 0.5) is 20.7 Å². The quantitative estimate of drug-likeness (QED) is 0.344. The van der Waals surface area contributed by atoms with E-state index >= 15 is 0 Å². The van der Waals surface area contributed by atoms with E-state index in [9.17, 15) is 14.0 Å². The minimum atomic E-state index is -0.514. The monoisotopic (exact) mass is 503 g/mol. The molecule has 3 N–H and O–H groups in total. The zero-order valence-corrected chi connectivity index (χ0v) is 20.7. The van der Waals surface area contributed by atoms with Crippen molar-refractivity contribution in [2.24, 2.45) is 0 Å². The van der Waals surface area contributed by atoms with Crippen molar-refractivity contribution >= 4 is 23.4 Å². The highest BCUT2D eigenvalue weighted by molar-refractivity contribution is 5.99. The number of anilines is 2. The molecule has 11 heteroatoms. The lowest BCUT2D eigenvalue weighted by Crippen LogP contribution is -2.21. The molecule has 0 aliphatic heterocycles. The molecule has 0 unspecified atom stereocenters. The summed E-state index contributed by atoms with van der Waals surface area (Å²) in [6.45, 7) is 5.97. The number of rotatable bonds is 6. The standard InChI is InChI=1S/C26H26FN7O3/c1-26(2,3)22-13-23(34(33-22)18-11-16(27)14-29-15-18)32-25(36)31-17-5-7-19(8-6-17)37-20-9-10-30-21(12-20)24(35)28-4/h5-15H,1-4H3,(H,28,35)(H2,31,32,36). The first-order valence-electron chi connectivity index (χ1n) is 11.4. The summed E-state index contributed by atoms with van der Waals surface area (Å²) in [6, 6.07) is 12.4. The Bertz CT molecular complexity index is 1430. The van der Waals surface area contributed by atoms with E-state index in [1.54, 1.807) is 36.4 Å². The lowest BCUT2D eigenvalue weighted by molar-refractivity contribution is 0.0957. The summed E-state index contributed by atoms with van der Waals surface area (Å²) in [5, 5.41) is 12.6. The Hall–Kier alpha value is -4.80. The number of nitrogens with one attached hydrogen (secondary N) is 3. The molecule has 10 nitrogen and oxygen atoms in total. The Balaban J connectivity index is 1.46. The molecule has 3 heterocycles. The topological polar surface area (TPSA) is 123 Å². The number of hydrogen-bond donors (Lipinski definition) is 3. The van der Waals surface area contributed by atoms with Crippen molar-refractivity contribution in [1.82, 2.24) is 25.1 Å². The molecule has 0 bridgehead atoms. The number of benzene rings is 1. The molecular formula is C26H26FN7O3. The van der Waals surface area contributed by atoms with E-state index in [-0.39, 0.29) is 17.0 Å². The average Bonchev–Trinajstić information content (AvgIpc) is 3.29. The number of nitrogens with zero attached hydrogens (tertiary/aromatic N) is 4. The second-order valence-electron chi connectivity index (χ2n) is 9.10. The number of urea groups is 1. The summed E-state index contributed by atoms with van der Waals surface area (Å²) in [5.41, 5.74) is 1.54. The normalized spacial score (nSPS) is 11.1. The Kier molecular flexibility index (Phi) is 7.14. The molecule has 37 heavy (non-hydrogen) atoms. The maximum absolute atomic E-state index is 13.8. The molecule has 0 saturated carbocycles. The van der Waals surface area contributed by atoms with E-state index in [0.29, 0.717) is 34.4 Å². The van der Waals surface area contributed by atoms with E-state index < -0.39 is 11.8 Å². The van der Waals surface area contributed by atoms with Crippen molar-refractivity contribution in [3.8, 4) is 17.2 Å². The molecule has 1 aromatic carbocycles. The minimum Gasteiger partial charge on any atom is -0.457 e. The lowest BCUT2D eigenvalue weighted by atomic mass is 9.92. The van der Waals surface area contributed by atoms with Gasteiger partial charge in [-0.25, -0.2) is 13.9 Å². The van der Waals surface area contributed by atoms with Crippen molar-refractivity contribution in [3.63, 3.8) is 0 Å². The van der Waals surface area contributed by atoms with Crippen LogP contribution in [0, 0.1) is 5.82 Å². The van der Waals surface area contributed by atoms with Crippen molar-refractivity contribution in [2.45, 2.75) is 26.2 Å². The van der Waals surface area contributed by atoms with Crippen LogP contribution in [0.2, 0.25) is 0 Å². The SMILES string of the molecule is CNC(=O)c1cc(Oc2ccc(NC(=O)Nc3cc(C(C)(C)C)nn3-c3cncc(F)c3)cc2)ccn1. The maximum Gasteiger partial charge on any atom is 0.324 e. The van der Waals surface area contributed by atoms with Crippen LogP contribution in [-0.4, -0.2) is 38.7 Å². The second kappa shape index (κ2) is 10.4. The van der Waals surface area contributed by atoms with Gasteiger partial charge in [-0.2, -0.15) is 5.10 Å². The number of hydrogen-bond acceptors (Lipinski definition) is 6. The fourth-order valence-corrected chi connectivity index (χ4v) is 3.30. The van der Waals surface area contributed by atoms with Crippen LogP contribution < -0.4 is 20.7 Å². The van der Waals surface area contributed by atoms with Gasteiger partial charge in [0.05, 0.1) is 23.8 Å². The molecule has 0 atom stereocenters. The molecule has 0 aliphatic carbocycles. The third-order valence-corrected chi connectivity index (χ3v) is 5.19. The second-order valence-corrected chi connectivity index (χ2v) is 9.10. The zero-order valence-electron chi connectivity index (χ0n) is 20.7. The molecule has 4 aromatic rings. The van der Waals surface area contributed by atoms with Gasteiger partial charge in [0.15, 0.2) is 0 Å². The third kappa shape index (κ3) is 6.26. The van der Waals surface area contributed by atoms with Gasteiger partial charge in [-0.1, -0.05) is 20.8 Å². The van der Waals surface area contributed by atoms with Gasteiger partial charge in [-0.15, -0.1) is 0 Å². The van der Waals surface area contributed by atoms with Crippen molar-refractivity contribution in [1.29, 1.82) is 0 Å². The van der Waals surface area contributed by atoms with Crippen LogP contribution in [-0.2, 0) is 5.41 Å². The molecule has 0 aliphatic rings. The first kappa shape index (κ1) is 25.3. The number of carbonyl (C=O) groups is 2. The van der Waals surface area contributed by atoms with Crippen LogP contribution >= 0.6 is 0 Å². The summed E-state index contributed by atoms with van der Waals surface area (Å²) in [7, 11) is 1.52. The minimum absolute atomic E-state index is 0.234. The largest absolute Gasteiger partial charge is 0.457 e. The zero-order chi connectivity index (χ0) is 26.6. The fraction of sp³-hybridized carbons (Fsp3) is 0.192. The Morgan fingerprint density at radius 1 is 0.973 bits per heavy atom. The molecule has 0 spiro atoms. The fourth-order valence-electron chi connectivity index (χ4n) is 3.30. The Morgan fingerprint density at radius 3 is 2.41 bits per heavy atom. The first-order valence-corrected chi connectivity index (χ1v) is 11.4. The third-order valence-electron chi connectivity index (χ3n) is 5.19. The predicted octanol–water partition coefficient (Wildman–Crippen LogP) is 4.89. The molecular weight excluding hydrogens is 477 g/mol. The van der Waals surface area contributed by atoms with Crippen LogP contribution in [0.1, 0.15) is 37.0 Å². The van der Waals surface area contributed by atoms with E-state index in [1.807, 2.05) is 20.8 Å². The predicted molar refractivity (Wildman–Crippen MR) is 137 cm³/mol. The van der Waals surface area contributed by atoms with Crippen molar-refractivity contribution < 1.29 is 18.7 Å². The summed E-state index contributed by atoms with van der Waals surface area (Å²) in [5.74, 6) is 0.480. The molecule has 0 fully saturated rings. The molecule has 3 aromatic heterocycles. The van der Waals surface area contributed by atoms with Gasteiger partial charge >= 0.3 is 6.03 Å². The highest BCUT2D eigenvalue weighted by atomic mass is 19.1. The van der Waals surface area contributed by atoms with Crippen LogP contribution in [0.5, 0.6) is 11.5 Å². The van der Waals surface area contributed by atoms with E-state index in [1.165, 1.54) is 36.3 Å². The van der Waals surface area contributed by atoms with Gasteiger partial charge < -0.3 is 15.4 Å². The number of halogens is 1. The number of ether oxygens (including phenoxy) is 1. The van der Waals surface area contributed by atoms with Gasteiger partial charge in [0.1, 0.15) is 28.8 Å². The summed E-state index contributed by atoms with van der Waals surface area (Å²) in [6.07, 6.45) is 4.04. The van der Waals surface area contributed by atoms with Gasteiger partial charge in [0.2, 0.25) is 0 Å². The highest BCUT2D eigenvalue weighted by Gasteiger charge is 2.22. The highest BCUT2D eigenvalue weighted by Crippen LogP contribution is 2.27. The maximum atomic E-state index is 13.8. The van der Waals surface area contributed by atoms with Crippen molar-refractivity contribution in [2.75, 3.05) is 17.7 Å². The smallest absolute Gasteiger partial charge is 0.324 e. The number of aromatic nitrogens is 4. The number of carbonyl (C=O) groups excluding carboxylic acids is 2. The Labute approximate surface area is 212 Å². The summed E-state index contributed by atoms with van der Waals surface area (Å²) in [4.78, 5) is 32.4. The summed E-state index contributed by atoms with van der Waals surface area (Å²) < 4.78 is 21.0. The number of amides is 3. The van der Waals surface area contributed by atoms with Crippen molar-refractivity contribution in [3.05, 3.63) is 84.3 Å². The van der Waals surface area contributed by atoms with Gasteiger partial charge in [0, 0.05) is 42.5 Å². The molecule has 4 rings (SSSR count). The van der Waals surface area contributed by atoms with Gasteiger partial charge in [-0.3, -0.25) is 20.1 Å². The van der Waals surface area contributed by atoms with Crippen LogP contribution in [0.3, 0.4) is 0 Å². The molecule has 190 valence electrons. The molecule has 3 amide bonds. The lowest BCUT2D eigenvalue weighted by Gasteiger charge is -2.14. The van der Waals surface area contributed by atoms with E-state index in [4.69, 9.17) is 4.74 Å². The van der Waals surface area contributed by atoms with Gasteiger partial charge in [0.25, 0.3) is 5.91 Å². The molecule has 0 saturated heterocycles. The molecule has 0 radical (unpaired) electrons. The van der Waals surface area contributed by atoms with E-state index in [2.05, 4.69) is 31.0 Å². The van der Waals surface area contributed by atoms with Crippen LogP contribution in [0.15, 0.2) is 67.1 Å². The summed E-state index contributed by atoms with van der Waals surface area (Å²) >= 11 is 0. The number of pyridine rings is 2. The Morgan fingerprint density at radius 2 is 1.73 bits per heavy atom. The average molecular weight is 504 g/mol. The van der Waals surface area contributed by atoms with Crippen LogP contribution in [0.25, 0.3) is 5.69 Å². The van der Waals surface area contributed by atoms with E-state index in [0.717, 1.165) is 6.20 Å².